The quantitative estimate of drug-likeness (QED) is 0.632. The number of hydrogen-bond donors (Lipinski definition) is 1. The van der Waals surface area contributed by atoms with E-state index in [2.05, 4.69) is 17.9 Å². The fourth-order valence-electron chi connectivity index (χ4n) is 6.64. The molecule has 6 atom stereocenters. The highest BCUT2D eigenvalue weighted by Gasteiger charge is 2.59. The van der Waals surface area contributed by atoms with Gasteiger partial charge in [0.1, 0.15) is 0 Å². The lowest BCUT2D eigenvalue weighted by Crippen LogP contribution is -2.65. The molecule has 4 aliphatic rings. The minimum atomic E-state index is -0.692. The molecular weight excluding hydrogens is 286 g/mol. The second-order valence-electron chi connectivity index (χ2n) is 8.50. The summed E-state index contributed by atoms with van der Waals surface area (Å²) in [5.74, 6) is 2.40. The fraction of sp³-hybridized carbons (Fsp3) is 0.900. The number of fused-ring (bicyclic) bond motifs is 1. The molecule has 1 aliphatic heterocycles. The summed E-state index contributed by atoms with van der Waals surface area (Å²) >= 11 is 0. The molecule has 1 N–H and O–H groups in total. The minimum absolute atomic E-state index is 0.524. The lowest BCUT2D eigenvalue weighted by molar-refractivity contribution is -0.250. The molecule has 6 unspecified atom stereocenters. The van der Waals surface area contributed by atoms with E-state index in [-0.39, 0.29) is 0 Å². The van der Waals surface area contributed by atoms with Crippen molar-refractivity contribution in [1.29, 1.82) is 0 Å². The summed E-state index contributed by atoms with van der Waals surface area (Å²) in [7, 11) is 0. The van der Waals surface area contributed by atoms with Gasteiger partial charge in [-0.2, -0.15) is 0 Å². The molecule has 0 amide bonds. The smallest absolute Gasteiger partial charge is 0.216 e. The summed E-state index contributed by atoms with van der Waals surface area (Å²) in [6.45, 7) is 5.92. The van der Waals surface area contributed by atoms with Gasteiger partial charge in [0.25, 0.3) is 0 Å². The molecule has 2 bridgehead atoms. The number of rotatable bonds is 3. The molecule has 1 saturated heterocycles. The van der Waals surface area contributed by atoms with Gasteiger partial charge >= 0.3 is 0 Å². The van der Waals surface area contributed by atoms with Crippen LogP contribution in [0.25, 0.3) is 0 Å². The third-order valence-electron chi connectivity index (χ3n) is 7.56. The van der Waals surface area contributed by atoms with Crippen molar-refractivity contribution >= 4 is 0 Å². The highest BCUT2D eigenvalue weighted by Crippen LogP contribution is 2.63. The van der Waals surface area contributed by atoms with E-state index in [9.17, 15) is 5.11 Å². The van der Waals surface area contributed by atoms with Gasteiger partial charge in [0.2, 0.25) is 6.41 Å². The van der Waals surface area contributed by atoms with Gasteiger partial charge in [-0.05, 0) is 75.5 Å². The van der Waals surface area contributed by atoms with Crippen LogP contribution in [0.4, 0.5) is 0 Å². The fourth-order valence-corrected chi connectivity index (χ4v) is 6.64. The SMILES string of the molecule is CCOC(O)N1CCC23CCCCC2C1CC1CCC(C)=CC13. The Bertz CT molecular complexity index is 476. The van der Waals surface area contributed by atoms with E-state index < -0.39 is 6.41 Å². The molecule has 3 heteroatoms. The van der Waals surface area contributed by atoms with E-state index in [1.165, 1.54) is 51.4 Å². The lowest BCUT2D eigenvalue weighted by Gasteiger charge is -2.64. The van der Waals surface area contributed by atoms with Crippen LogP contribution in [0, 0.1) is 23.2 Å². The van der Waals surface area contributed by atoms with Gasteiger partial charge in [-0.15, -0.1) is 0 Å². The Hall–Kier alpha value is -0.380. The molecule has 3 fully saturated rings. The van der Waals surface area contributed by atoms with Crippen molar-refractivity contribution in [2.24, 2.45) is 23.2 Å². The summed E-state index contributed by atoms with van der Waals surface area (Å²) in [4.78, 5) is 2.30. The topological polar surface area (TPSA) is 32.7 Å². The normalized spacial score (nSPS) is 44.9. The maximum Gasteiger partial charge on any atom is 0.216 e. The van der Waals surface area contributed by atoms with Crippen molar-refractivity contribution < 1.29 is 9.84 Å². The molecular formula is C20H33NO2. The van der Waals surface area contributed by atoms with Crippen LogP contribution >= 0.6 is 0 Å². The molecule has 3 aliphatic carbocycles. The molecule has 130 valence electrons. The van der Waals surface area contributed by atoms with Crippen LogP contribution in [-0.2, 0) is 4.74 Å². The number of allylic oxidation sites excluding steroid dienone is 2. The zero-order chi connectivity index (χ0) is 16.0. The van der Waals surface area contributed by atoms with Crippen molar-refractivity contribution in [2.75, 3.05) is 13.2 Å². The Morgan fingerprint density at radius 1 is 1.35 bits per heavy atom. The Morgan fingerprint density at radius 2 is 2.22 bits per heavy atom. The number of hydrogen-bond acceptors (Lipinski definition) is 3. The second-order valence-corrected chi connectivity index (χ2v) is 8.50. The average molecular weight is 319 g/mol. The first-order valence-electron chi connectivity index (χ1n) is 9.88. The van der Waals surface area contributed by atoms with Crippen LogP contribution in [0.15, 0.2) is 11.6 Å². The predicted molar refractivity (Wildman–Crippen MR) is 91.7 cm³/mol. The summed E-state index contributed by atoms with van der Waals surface area (Å²) in [5, 5.41) is 10.5. The first kappa shape index (κ1) is 16.1. The van der Waals surface area contributed by atoms with Crippen molar-refractivity contribution in [3.8, 4) is 0 Å². The average Bonchev–Trinajstić information content (AvgIpc) is 2.56. The summed E-state index contributed by atoms with van der Waals surface area (Å²) in [5.41, 5.74) is 2.15. The lowest BCUT2D eigenvalue weighted by atomic mass is 9.46. The van der Waals surface area contributed by atoms with Gasteiger partial charge in [0, 0.05) is 19.2 Å². The van der Waals surface area contributed by atoms with Crippen molar-refractivity contribution in [3.63, 3.8) is 0 Å². The standard InChI is InChI=1S/C20H33NO2/c1-3-23-19(22)21-11-10-20-9-5-4-6-16(20)18(21)13-15-8-7-14(2)12-17(15)20/h12,15-19,22H,3-11,13H2,1-2H3. The monoisotopic (exact) mass is 319 g/mol. The van der Waals surface area contributed by atoms with Gasteiger partial charge in [-0.3, -0.25) is 4.90 Å². The largest absolute Gasteiger partial charge is 0.356 e. The molecule has 3 nitrogen and oxygen atoms in total. The summed E-state index contributed by atoms with van der Waals surface area (Å²) in [6.07, 6.45) is 12.7. The highest BCUT2D eigenvalue weighted by atomic mass is 16.6. The van der Waals surface area contributed by atoms with Crippen molar-refractivity contribution in [3.05, 3.63) is 11.6 Å². The highest BCUT2D eigenvalue weighted by molar-refractivity contribution is 5.19. The van der Waals surface area contributed by atoms with Crippen molar-refractivity contribution in [2.45, 2.75) is 77.7 Å². The number of nitrogens with zero attached hydrogens (tertiary/aromatic N) is 1. The number of ether oxygens (including phenoxy) is 1. The Kier molecular flexibility index (Phi) is 4.32. The minimum Gasteiger partial charge on any atom is -0.356 e. The first-order valence-corrected chi connectivity index (χ1v) is 9.88. The van der Waals surface area contributed by atoms with E-state index in [4.69, 9.17) is 4.74 Å². The number of piperidine rings is 1. The molecule has 2 saturated carbocycles. The van der Waals surface area contributed by atoms with E-state index >= 15 is 0 Å². The van der Waals surface area contributed by atoms with Crippen LogP contribution in [0.2, 0.25) is 0 Å². The van der Waals surface area contributed by atoms with Crippen LogP contribution in [-0.4, -0.2) is 35.6 Å². The molecule has 0 aromatic carbocycles. The van der Waals surface area contributed by atoms with Gasteiger partial charge in [-0.1, -0.05) is 24.5 Å². The van der Waals surface area contributed by atoms with E-state index in [1.54, 1.807) is 5.57 Å². The van der Waals surface area contributed by atoms with Gasteiger partial charge in [0.05, 0.1) is 0 Å². The van der Waals surface area contributed by atoms with Crippen LogP contribution in [0.5, 0.6) is 0 Å². The maximum atomic E-state index is 10.5. The molecule has 0 spiro atoms. The first-order chi connectivity index (χ1) is 11.2. The molecule has 1 heterocycles. The van der Waals surface area contributed by atoms with Crippen LogP contribution in [0.3, 0.4) is 0 Å². The zero-order valence-electron chi connectivity index (χ0n) is 14.8. The molecule has 0 aromatic rings. The zero-order valence-corrected chi connectivity index (χ0v) is 14.8. The van der Waals surface area contributed by atoms with Crippen molar-refractivity contribution in [1.82, 2.24) is 4.90 Å². The molecule has 0 aromatic heterocycles. The number of likely N-dealkylation sites (tertiary alicyclic amines) is 1. The number of aliphatic hydroxyl groups is 1. The molecule has 4 rings (SSSR count). The Balaban J connectivity index is 1.67. The Morgan fingerprint density at radius 3 is 3.04 bits per heavy atom. The number of aliphatic hydroxyl groups excluding tert-OH is 1. The third kappa shape index (κ3) is 2.51. The maximum absolute atomic E-state index is 10.5. The van der Waals surface area contributed by atoms with Crippen LogP contribution < -0.4 is 0 Å². The van der Waals surface area contributed by atoms with Gasteiger partial charge in [0.15, 0.2) is 0 Å². The second kappa shape index (κ2) is 6.16. The van der Waals surface area contributed by atoms with E-state index in [0.29, 0.717) is 18.1 Å². The predicted octanol–water partition coefficient (Wildman–Crippen LogP) is 3.93. The molecule has 0 radical (unpaired) electrons. The van der Waals surface area contributed by atoms with E-state index in [0.717, 1.165) is 24.3 Å². The Labute approximate surface area is 141 Å². The van der Waals surface area contributed by atoms with Crippen LogP contribution in [0.1, 0.15) is 65.2 Å². The molecule has 23 heavy (non-hydrogen) atoms. The van der Waals surface area contributed by atoms with Gasteiger partial charge < -0.3 is 9.84 Å². The van der Waals surface area contributed by atoms with E-state index in [1.807, 2.05) is 6.92 Å². The van der Waals surface area contributed by atoms with Gasteiger partial charge in [-0.25, -0.2) is 0 Å². The summed E-state index contributed by atoms with van der Waals surface area (Å²) in [6, 6.07) is 0.540. The third-order valence-corrected chi connectivity index (χ3v) is 7.56. The summed E-state index contributed by atoms with van der Waals surface area (Å²) < 4.78 is 5.57.